The molecule has 2 aromatic heterocycles. The zero-order chi connectivity index (χ0) is 20.1. The Bertz CT molecular complexity index is 957. The summed E-state index contributed by atoms with van der Waals surface area (Å²) in [4.78, 5) is 42.4. The van der Waals surface area contributed by atoms with Crippen LogP contribution in [0.2, 0.25) is 0 Å². The van der Waals surface area contributed by atoms with Gasteiger partial charge in [0.05, 0.1) is 18.6 Å². The van der Waals surface area contributed by atoms with Crippen molar-refractivity contribution in [3.8, 4) is 0 Å². The summed E-state index contributed by atoms with van der Waals surface area (Å²) in [6.45, 7) is 3.69. The first-order chi connectivity index (χ1) is 14.0. The Balaban J connectivity index is 1.45. The molecule has 2 bridgehead atoms. The molecule has 2 aromatic rings. The highest BCUT2D eigenvalue weighted by Crippen LogP contribution is 2.42. The quantitative estimate of drug-likeness (QED) is 0.819. The molecular formula is C20H27N7O2. The summed E-state index contributed by atoms with van der Waals surface area (Å²) in [5.41, 5.74) is 1.62. The zero-order valence-electron chi connectivity index (χ0n) is 16.9. The van der Waals surface area contributed by atoms with Crippen molar-refractivity contribution in [1.82, 2.24) is 29.7 Å². The van der Waals surface area contributed by atoms with Crippen LogP contribution in [0.5, 0.6) is 0 Å². The molecule has 5 heterocycles. The number of anilines is 1. The van der Waals surface area contributed by atoms with Gasteiger partial charge in [0.1, 0.15) is 5.52 Å². The predicted molar refractivity (Wildman–Crippen MR) is 107 cm³/mol. The fraction of sp³-hybridized carbons (Fsp3) is 0.650. The van der Waals surface area contributed by atoms with Gasteiger partial charge in [-0.25, -0.2) is 9.97 Å². The number of amides is 2. The third-order valence-corrected chi connectivity index (χ3v) is 6.81. The topological polar surface area (TPSA) is 96.2 Å². The molecule has 3 aliphatic heterocycles. The third kappa shape index (κ3) is 3.12. The van der Waals surface area contributed by atoms with Gasteiger partial charge in [0.15, 0.2) is 5.65 Å². The highest BCUT2D eigenvalue weighted by atomic mass is 16.2. The molecule has 9 nitrogen and oxygen atoms in total. The average Bonchev–Trinajstić information content (AvgIpc) is 3.08. The monoisotopic (exact) mass is 397 g/mol. The largest absolute Gasteiger partial charge is 0.354 e. The third-order valence-electron chi connectivity index (χ3n) is 6.81. The summed E-state index contributed by atoms with van der Waals surface area (Å²) in [6, 6.07) is 0.280. The van der Waals surface area contributed by atoms with Crippen molar-refractivity contribution in [2.45, 2.75) is 44.7 Å². The van der Waals surface area contributed by atoms with Crippen LogP contribution in [-0.2, 0) is 16.6 Å². The van der Waals surface area contributed by atoms with Gasteiger partial charge in [-0.3, -0.25) is 9.59 Å². The van der Waals surface area contributed by atoms with Gasteiger partial charge in [-0.05, 0) is 31.1 Å². The molecule has 0 aromatic carbocycles. The maximum Gasteiger partial charge on any atom is 0.227 e. The van der Waals surface area contributed by atoms with E-state index in [2.05, 4.69) is 25.1 Å². The second kappa shape index (κ2) is 6.96. The van der Waals surface area contributed by atoms with Crippen LogP contribution in [0.4, 0.5) is 5.95 Å². The first kappa shape index (κ1) is 18.3. The molecule has 0 radical (unpaired) electrons. The molecule has 3 fully saturated rings. The van der Waals surface area contributed by atoms with Gasteiger partial charge < -0.3 is 19.7 Å². The summed E-state index contributed by atoms with van der Waals surface area (Å²) < 4.78 is 1.92. The highest BCUT2D eigenvalue weighted by molar-refractivity contribution is 5.78. The van der Waals surface area contributed by atoms with Crippen molar-refractivity contribution in [2.24, 2.45) is 18.9 Å². The Kier molecular flexibility index (Phi) is 4.40. The highest BCUT2D eigenvalue weighted by Gasteiger charge is 2.49. The molecular weight excluding hydrogens is 370 g/mol. The lowest BCUT2D eigenvalue weighted by molar-refractivity contribution is -0.149. The molecule has 2 amide bonds. The molecule has 4 atom stereocenters. The molecule has 5 rings (SSSR count). The van der Waals surface area contributed by atoms with Crippen LogP contribution >= 0.6 is 0 Å². The van der Waals surface area contributed by atoms with E-state index < -0.39 is 0 Å². The van der Waals surface area contributed by atoms with Gasteiger partial charge in [0, 0.05) is 46.1 Å². The molecule has 0 saturated carbocycles. The fourth-order valence-corrected chi connectivity index (χ4v) is 5.51. The number of carbonyl (C=O) groups excluding carboxylic acids is 2. The molecule has 9 heteroatoms. The Morgan fingerprint density at radius 2 is 2.10 bits per heavy atom. The number of aryl methyl sites for hydroxylation is 1. The summed E-state index contributed by atoms with van der Waals surface area (Å²) in [5.74, 6) is 1.60. The van der Waals surface area contributed by atoms with Crippen molar-refractivity contribution in [3.05, 3.63) is 12.5 Å². The van der Waals surface area contributed by atoms with Crippen LogP contribution in [-0.4, -0.2) is 68.0 Å². The molecule has 0 aliphatic carbocycles. The predicted octanol–water partition coefficient (Wildman–Crippen LogP) is 0.705. The number of hydrogen-bond acceptors (Lipinski definition) is 6. The van der Waals surface area contributed by atoms with Gasteiger partial charge in [-0.1, -0.05) is 0 Å². The Labute approximate surface area is 169 Å². The first-order valence-corrected chi connectivity index (χ1v) is 10.5. The number of carbonyl (C=O) groups is 2. The smallest absolute Gasteiger partial charge is 0.227 e. The Hall–Kier alpha value is -2.71. The first-order valence-electron chi connectivity index (χ1n) is 10.5. The molecule has 154 valence electrons. The fourth-order valence-electron chi connectivity index (χ4n) is 5.51. The van der Waals surface area contributed by atoms with Gasteiger partial charge in [0.2, 0.25) is 17.8 Å². The Morgan fingerprint density at radius 3 is 2.93 bits per heavy atom. The van der Waals surface area contributed by atoms with Crippen LogP contribution < -0.4 is 10.2 Å². The van der Waals surface area contributed by atoms with Crippen molar-refractivity contribution >= 4 is 28.9 Å². The summed E-state index contributed by atoms with van der Waals surface area (Å²) in [5, 5.41) is 2.96. The van der Waals surface area contributed by atoms with E-state index in [0.717, 1.165) is 37.9 Å². The number of nitrogens with one attached hydrogen (secondary N) is 1. The number of hydrogen-bond donors (Lipinski definition) is 1. The average molecular weight is 397 g/mol. The number of aromatic nitrogens is 4. The number of nitrogens with zero attached hydrogens (tertiary/aromatic N) is 6. The van der Waals surface area contributed by atoms with E-state index in [0.29, 0.717) is 36.4 Å². The lowest BCUT2D eigenvalue weighted by Crippen LogP contribution is -2.67. The number of imidazole rings is 1. The maximum atomic E-state index is 12.8. The maximum absolute atomic E-state index is 12.8. The zero-order valence-corrected chi connectivity index (χ0v) is 16.9. The van der Waals surface area contributed by atoms with E-state index in [1.54, 1.807) is 6.33 Å². The lowest BCUT2D eigenvalue weighted by atomic mass is 9.72. The normalized spacial score (nSPS) is 29.1. The van der Waals surface area contributed by atoms with Crippen molar-refractivity contribution in [3.63, 3.8) is 0 Å². The minimum atomic E-state index is -0.0512. The molecule has 3 aliphatic rings. The van der Waals surface area contributed by atoms with Gasteiger partial charge >= 0.3 is 0 Å². The molecule has 3 saturated heterocycles. The lowest BCUT2D eigenvalue weighted by Gasteiger charge is -2.56. The van der Waals surface area contributed by atoms with E-state index in [1.807, 2.05) is 17.8 Å². The molecule has 29 heavy (non-hydrogen) atoms. The number of fused-ring (bicyclic) bond motifs is 5. The van der Waals surface area contributed by atoms with Gasteiger partial charge in [0.25, 0.3) is 0 Å². The minimum Gasteiger partial charge on any atom is -0.354 e. The van der Waals surface area contributed by atoms with Crippen LogP contribution in [0.15, 0.2) is 12.5 Å². The van der Waals surface area contributed by atoms with E-state index in [9.17, 15) is 9.59 Å². The standard InChI is InChI=1S/C20H27N7O2/c1-12(28)21-7-16-14-6-13(15-4-3-5-18(29)27(15)16)9-26(10-14)20-22-8-17-19(24-20)23-11-25(17)2/h8,11,13-16H,3-7,9-10H2,1-2H3,(H,21,28)/t13-,14+,15+,16+/m1/s1. The van der Waals surface area contributed by atoms with Crippen molar-refractivity contribution in [2.75, 3.05) is 24.5 Å². The second-order valence-corrected chi connectivity index (χ2v) is 8.66. The van der Waals surface area contributed by atoms with E-state index in [1.165, 1.54) is 6.92 Å². The summed E-state index contributed by atoms with van der Waals surface area (Å²) in [7, 11) is 1.94. The van der Waals surface area contributed by atoms with Crippen LogP contribution in [0.25, 0.3) is 11.2 Å². The SMILES string of the molecule is CC(=O)NC[C@H]1[C@H]2C[C@H](CN(c3ncc4c(ncn4C)n3)C2)[C@@H]2CCCC(=O)N21. The Morgan fingerprint density at radius 1 is 1.28 bits per heavy atom. The van der Waals surface area contributed by atoms with E-state index in [-0.39, 0.29) is 23.9 Å². The van der Waals surface area contributed by atoms with Crippen molar-refractivity contribution < 1.29 is 9.59 Å². The number of rotatable bonds is 3. The molecule has 0 spiro atoms. The molecule has 0 unspecified atom stereocenters. The van der Waals surface area contributed by atoms with Gasteiger partial charge in [-0.2, -0.15) is 4.98 Å². The number of piperidine rings is 3. The molecule has 1 N–H and O–H groups in total. The summed E-state index contributed by atoms with van der Waals surface area (Å²) >= 11 is 0. The second-order valence-electron chi connectivity index (χ2n) is 8.66. The van der Waals surface area contributed by atoms with Crippen molar-refractivity contribution in [1.29, 1.82) is 0 Å². The van der Waals surface area contributed by atoms with Crippen LogP contribution in [0.1, 0.15) is 32.6 Å². The van der Waals surface area contributed by atoms with E-state index in [4.69, 9.17) is 4.98 Å². The minimum absolute atomic E-state index is 0.0364. The summed E-state index contributed by atoms with van der Waals surface area (Å²) in [6.07, 6.45) is 7.28. The van der Waals surface area contributed by atoms with Crippen LogP contribution in [0.3, 0.4) is 0 Å². The van der Waals surface area contributed by atoms with Gasteiger partial charge in [-0.15, -0.1) is 0 Å². The van der Waals surface area contributed by atoms with E-state index >= 15 is 0 Å². The van der Waals surface area contributed by atoms with Crippen LogP contribution in [0, 0.1) is 11.8 Å².